The number of benzene rings is 2. The fourth-order valence-electron chi connectivity index (χ4n) is 3.25. The molecule has 2 N–H and O–H groups in total. The molecule has 0 saturated heterocycles. The minimum Gasteiger partial charge on any atom is -0.349 e. The standard InChI is InChI=1S/C22H26N2O2S/c25-21(23-19-7-3-1-4-8-19)16-27-15-17-11-13-18(14-12-17)22(26)24-20-9-5-2-6-10-20/h1,3-4,7-8,11-14,20H,2,5-6,9-10,15-16H2,(H,23,25)(H,24,26). The number of anilines is 1. The molecular weight excluding hydrogens is 356 g/mol. The van der Waals surface area contributed by atoms with Crippen LogP contribution in [0.5, 0.6) is 0 Å². The summed E-state index contributed by atoms with van der Waals surface area (Å²) in [6, 6.07) is 17.5. The maximum absolute atomic E-state index is 12.3. The lowest BCUT2D eigenvalue weighted by Gasteiger charge is -2.22. The Morgan fingerprint density at radius 3 is 2.33 bits per heavy atom. The number of nitrogens with one attached hydrogen (secondary N) is 2. The van der Waals surface area contributed by atoms with Gasteiger partial charge in [0.1, 0.15) is 0 Å². The van der Waals surface area contributed by atoms with E-state index in [1.54, 1.807) is 11.8 Å². The number of carbonyl (C=O) groups is 2. The molecule has 0 radical (unpaired) electrons. The van der Waals surface area contributed by atoms with Crippen LogP contribution >= 0.6 is 11.8 Å². The minimum absolute atomic E-state index is 0.00493. The molecular formula is C22H26N2O2S. The van der Waals surface area contributed by atoms with E-state index < -0.39 is 0 Å². The SMILES string of the molecule is O=C(CSCc1ccc(C(=O)NC2CCCCC2)cc1)Nc1ccccc1. The average Bonchev–Trinajstić information content (AvgIpc) is 2.70. The van der Waals surface area contributed by atoms with E-state index in [0.29, 0.717) is 17.4 Å². The minimum atomic E-state index is -0.00493. The summed E-state index contributed by atoms with van der Waals surface area (Å²) < 4.78 is 0. The van der Waals surface area contributed by atoms with Crippen molar-refractivity contribution in [2.24, 2.45) is 0 Å². The second-order valence-corrected chi connectivity index (χ2v) is 7.90. The predicted octanol–water partition coefficient (Wildman–Crippen LogP) is 4.62. The summed E-state index contributed by atoms with van der Waals surface area (Å²) in [6.07, 6.45) is 5.87. The normalized spacial score (nSPS) is 14.5. The van der Waals surface area contributed by atoms with Crippen LogP contribution in [-0.2, 0) is 10.5 Å². The van der Waals surface area contributed by atoms with E-state index >= 15 is 0 Å². The predicted molar refractivity (Wildman–Crippen MR) is 112 cm³/mol. The van der Waals surface area contributed by atoms with E-state index in [-0.39, 0.29) is 11.8 Å². The van der Waals surface area contributed by atoms with Crippen molar-refractivity contribution < 1.29 is 9.59 Å². The van der Waals surface area contributed by atoms with Crippen molar-refractivity contribution in [2.75, 3.05) is 11.1 Å². The number of thioether (sulfide) groups is 1. The lowest BCUT2D eigenvalue weighted by atomic mass is 9.95. The number of rotatable bonds is 7. The Kier molecular flexibility index (Phi) is 7.34. The van der Waals surface area contributed by atoms with Crippen LogP contribution in [0.25, 0.3) is 0 Å². The summed E-state index contributed by atoms with van der Waals surface area (Å²) in [5, 5.41) is 6.02. The third kappa shape index (κ3) is 6.43. The molecule has 4 nitrogen and oxygen atoms in total. The highest BCUT2D eigenvalue weighted by Crippen LogP contribution is 2.18. The van der Waals surface area contributed by atoms with Gasteiger partial charge in [0.2, 0.25) is 5.91 Å². The fraction of sp³-hybridized carbons (Fsp3) is 0.364. The Morgan fingerprint density at radius 2 is 1.63 bits per heavy atom. The zero-order valence-electron chi connectivity index (χ0n) is 15.4. The molecule has 0 heterocycles. The van der Waals surface area contributed by atoms with Crippen LogP contribution in [0, 0.1) is 0 Å². The highest BCUT2D eigenvalue weighted by Gasteiger charge is 2.16. The molecule has 2 aromatic rings. The lowest BCUT2D eigenvalue weighted by Crippen LogP contribution is -2.36. The maximum Gasteiger partial charge on any atom is 0.251 e. The molecule has 0 atom stereocenters. The molecule has 0 spiro atoms. The summed E-state index contributed by atoms with van der Waals surface area (Å²) in [7, 11) is 0. The van der Waals surface area contributed by atoms with Crippen molar-refractivity contribution in [3.8, 4) is 0 Å². The maximum atomic E-state index is 12.3. The van der Waals surface area contributed by atoms with Crippen molar-refractivity contribution in [1.82, 2.24) is 5.32 Å². The monoisotopic (exact) mass is 382 g/mol. The highest BCUT2D eigenvalue weighted by molar-refractivity contribution is 7.99. The fourth-order valence-corrected chi connectivity index (χ4v) is 4.04. The third-order valence-corrected chi connectivity index (χ3v) is 5.72. The van der Waals surface area contributed by atoms with Crippen LogP contribution in [0.1, 0.15) is 48.0 Å². The molecule has 1 aliphatic rings. The van der Waals surface area contributed by atoms with Crippen LogP contribution in [-0.4, -0.2) is 23.6 Å². The van der Waals surface area contributed by atoms with E-state index in [1.807, 2.05) is 54.6 Å². The molecule has 1 saturated carbocycles. The summed E-state index contributed by atoms with van der Waals surface area (Å²) in [4.78, 5) is 24.3. The Hall–Kier alpha value is -2.27. The zero-order valence-corrected chi connectivity index (χ0v) is 16.3. The highest BCUT2D eigenvalue weighted by atomic mass is 32.2. The zero-order chi connectivity index (χ0) is 18.9. The number of para-hydroxylation sites is 1. The topological polar surface area (TPSA) is 58.2 Å². The Balaban J connectivity index is 1.40. The van der Waals surface area contributed by atoms with Crippen LogP contribution in [0.2, 0.25) is 0 Å². The summed E-state index contributed by atoms with van der Waals surface area (Å²) in [6.45, 7) is 0. The lowest BCUT2D eigenvalue weighted by molar-refractivity contribution is -0.113. The third-order valence-electron chi connectivity index (χ3n) is 4.72. The first kappa shape index (κ1) is 19.5. The molecule has 5 heteroatoms. The van der Waals surface area contributed by atoms with Gasteiger partial charge in [-0.2, -0.15) is 0 Å². The first-order valence-corrected chi connectivity index (χ1v) is 10.7. The number of amides is 2. The number of hydrogen-bond acceptors (Lipinski definition) is 3. The van der Waals surface area contributed by atoms with Crippen molar-refractivity contribution >= 4 is 29.3 Å². The average molecular weight is 383 g/mol. The molecule has 1 fully saturated rings. The van der Waals surface area contributed by atoms with Gasteiger partial charge >= 0.3 is 0 Å². The van der Waals surface area contributed by atoms with Crippen LogP contribution in [0.15, 0.2) is 54.6 Å². The smallest absolute Gasteiger partial charge is 0.251 e. The van der Waals surface area contributed by atoms with Gasteiger partial charge in [0, 0.05) is 23.0 Å². The molecule has 3 rings (SSSR count). The molecule has 142 valence electrons. The second-order valence-electron chi connectivity index (χ2n) is 6.91. The molecule has 0 bridgehead atoms. The van der Waals surface area contributed by atoms with Gasteiger partial charge in [-0.05, 0) is 42.7 Å². The van der Waals surface area contributed by atoms with Gasteiger partial charge in [-0.25, -0.2) is 0 Å². The van der Waals surface area contributed by atoms with Crippen molar-refractivity contribution in [2.45, 2.75) is 43.9 Å². The van der Waals surface area contributed by atoms with E-state index in [0.717, 1.165) is 29.8 Å². The quantitative estimate of drug-likeness (QED) is 0.734. The van der Waals surface area contributed by atoms with E-state index in [2.05, 4.69) is 10.6 Å². The van der Waals surface area contributed by atoms with Gasteiger partial charge < -0.3 is 10.6 Å². The summed E-state index contributed by atoms with van der Waals surface area (Å²) in [5.74, 6) is 1.16. The van der Waals surface area contributed by atoms with E-state index in [1.165, 1.54) is 19.3 Å². The van der Waals surface area contributed by atoms with Gasteiger partial charge in [0.05, 0.1) is 5.75 Å². The molecule has 0 aromatic heterocycles. The van der Waals surface area contributed by atoms with Crippen LogP contribution in [0.3, 0.4) is 0 Å². The Bertz CT molecular complexity index is 741. The van der Waals surface area contributed by atoms with Gasteiger partial charge in [0.25, 0.3) is 5.91 Å². The van der Waals surface area contributed by atoms with Crippen molar-refractivity contribution in [3.05, 3.63) is 65.7 Å². The van der Waals surface area contributed by atoms with Crippen LogP contribution < -0.4 is 10.6 Å². The van der Waals surface area contributed by atoms with Gasteiger partial charge in [-0.15, -0.1) is 11.8 Å². The summed E-state index contributed by atoms with van der Waals surface area (Å²) >= 11 is 1.56. The largest absolute Gasteiger partial charge is 0.349 e. The van der Waals surface area contributed by atoms with Crippen molar-refractivity contribution in [3.63, 3.8) is 0 Å². The number of carbonyl (C=O) groups excluding carboxylic acids is 2. The van der Waals surface area contributed by atoms with Gasteiger partial charge in [-0.3, -0.25) is 9.59 Å². The van der Waals surface area contributed by atoms with Crippen LogP contribution in [0.4, 0.5) is 5.69 Å². The Labute approximate surface area is 165 Å². The van der Waals surface area contributed by atoms with Gasteiger partial charge in [-0.1, -0.05) is 49.6 Å². The van der Waals surface area contributed by atoms with E-state index in [9.17, 15) is 9.59 Å². The molecule has 1 aliphatic carbocycles. The molecule has 2 amide bonds. The van der Waals surface area contributed by atoms with E-state index in [4.69, 9.17) is 0 Å². The molecule has 0 unspecified atom stereocenters. The number of hydrogen-bond donors (Lipinski definition) is 2. The molecule has 2 aromatic carbocycles. The summed E-state index contributed by atoms with van der Waals surface area (Å²) in [5.41, 5.74) is 2.63. The second kappa shape index (κ2) is 10.2. The Morgan fingerprint density at radius 1 is 0.926 bits per heavy atom. The first-order valence-electron chi connectivity index (χ1n) is 9.53. The first-order chi connectivity index (χ1) is 13.2. The van der Waals surface area contributed by atoms with Crippen molar-refractivity contribution in [1.29, 1.82) is 0 Å². The van der Waals surface area contributed by atoms with Gasteiger partial charge in [0.15, 0.2) is 0 Å². The molecule has 27 heavy (non-hydrogen) atoms. The molecule has 0 aliphatic heterocycles.